The molecule has 0 aromatic heterocycles. The van der Waals surface area contributed by atoms with Gasteiger partial charge in [0.15, 0.2) is 0 Å². The Hall–Kier alpha value is 0.180. The van der Waals surface area contributed by atoms with E-state index in [2.05, 4.69) is 22.9 Å². The summed E-state index contributed by atoms with van der Waals surface area (Å²) in [4.78, 5) is 0. The van der Waals surface area contributed by atoms with Gasteiger partial charge in [0.1, 0.15) is 0 Å². The van der Waals surface area contributed by atoms with Crippen molar-refractivity contribution in [2.24, 2.45) is 41.4 Å². The summed E-state index contributed by atoms with van der Waals surface area (Å²) in [5.74, 6) is 6.58. The fraction of sp³-hybridized carbons (Fsp3) is 0.909. The summed E-state index contributed by atoms with van der Waals surface area (Å²) in [5, 5.41) is 0. The Balaban J connectivity index is 1.44. The smallest absolute Gasteiger partial charge is 0.0669 e. The van der Waals surface area contributed by atoms with Crippen LogP contribution < -0.4 is 0 Å². The third kappa shape index (κ3) is 2.02. The van der Waals surface area contributed by atoms with Crippen LogP contribution in [0.5, 0.6) is 0 Å². The van der Waals surface area contributed by atoms with E-state index in [-0.39, 0.29) is 0 Å². The topological polar surface area (TPSA) is 9.23 Å². The second-order valence-corrected chi connectivity index (χ2v) is 11.9. The lowest BCUT2D eigenvalue weighted by atomic mass is 9.47. The molecule has 0 spiro atoms. The maximum absolute atomic E-state index is 6.38. The van der Waals surface area contributed by atoms with Crippen LogP contribution in [0.4, 0.5) is 0 Å². The molecule has 0 heterocycles. The van der Waals surface area contributed by atoms with E-state index < -0.39 is 0 Å². The quantitative estimate of drug-likeness (QED) is 0.432. The minimum atomic E-state index is 0.453. The van der Waals surface area contributed by atoms with Crippen molar-refractivity contribution in [1.82, 2.24) is 0 Å². The second kappa shape index (κ2) is 5.12. The largest absolute Gasteiger partial charge is 0.378 e. The predicted molar refractivity (Wildman–Crippen MR) is 100 cm³/mol. The number of rotatable bonds is 2. The van der Waals surface area contributed by atoms with Gasteiger partial charge in [-0.15, -0.1) is 0 Å². The number of allylic oxidation sites excluding steroid dienone is 1. The van der Waals surface area contributed by atoms with Gasteiger partial charge in [-0.2, -0.15) is 0 Å². The molecule has 8 rings (SSSR count). The van der Waals surface area contributed by atoms with E-state index >= 15 is 0 Å². The minimum Gasteiger partial charge on any atom is -0.378 e. The molecule has 8 fully saturated rings. The minimum absolute atomic E-state index is 0.453. The van der Waals surface area contributed by atoms with Gasteiger partial charge in [-0.05, 0) is 100 Å². The molecule has 2 heteroatoms. The molecule has 24 heavy (non-hydrogen) atoms. The van der Waals surface area contributed by atoms with E-state index in [1.54, 1.807) is 6.42 Å². The van der Waals surface area contributed by atoms with Gasteiger partial charge in [0.25, 0.3) is 0 Å². The summed E-state index contributed by atoms with van der Waals surface area (Å²) in [6.07, 6.45) is 13.8. The molecule has 0 radical (unpaired) electrons. The van der Waals surface area contributed by atoms with Crippen molar-refractivity contribution in [3.05, 3.63) is 11.1 Å². The SMILES string of the molecule is CCOC1[C@H]2C[C@@H]3C[C@](Br)(C2)C[C@H]1C3=C1C2CC3CC(C2)CC1C3. The summed E-state index contributed by atoms with van der Waals surface area (Å²) in [5.41, 5.74) is 3.98. The molecule has 8 aliphatic rings. The van der Waals surface area contributed by atoms with Crippen LogP contribution in [0.15, 0.2) is 11.1 Å². The molecule has 0 amide bonds. The Morgan fingerprint density at radius 2 is 1.58 bits per heavy atom. The lowest BCUT2D eigenvalue weighted by molar-refractivity contribution is -0.0887. The molecular formula is C22H31BrO. The molecule has 0 aromatic rings. The molecule has 0 N–H and O–H groups in total. The van der Waals surface area contributed by atoms with Crippen molar-refractivity contribution in [3.8, 4) is 0 Å². The van der Waals surface area contributed by atoms with Gasteiger partial charge in [0.05, 0.1) is 6.10 Å². The van der Waals surface area contributed by atoms with E-state index in [0.29, 0.717) is 10.4 Å². The van der Waals surface area contributed by atoms with Crippen LogP contribution in [-0.2, 0) is 4.74 Å². The van der Waals surface area contributed by atoms with Crippen LogP contribution in [-0.4, -0.2) is 17.0 Å². The summed E-state index contributed by atoms with van der Waals surface area (Å²) in [6, 6.07) is 0. The monoisotopic (exact) mass is 390 g/mol. The molecule has 8 saturated carbocycles. The highest BCUT2D eigenvalue weighted by atomic mass is 79.9. The van der Waals surface area contributed by atoms with Crippen molar-refractivity contribution in [2.45, 2.75) is 75.1 Å². The number of hydrogen-bond acceptors (Lipinski definition) is 1. The Bertz CT molecular complexity index is 565. The fourth-order valence-corrected chi connectivity index (χ4v) is 9.82. The average Bonchev–Trinajstić information content (AvgIpc) is 2.51. The van der Waals surface area contributed by atoms with Crippen molar-refractivity contribution in [1.29, 1.82) is 0 Å². The van der Waals surface area contributed by atoms with Crippen LogP contribution in [0.25, 0.3) is 0 Å². The van der Waals surface area contributed by atoms with Crippen molar-refractivity contribution in [2.75, 3.05) is 6.61 Å². The highest BCUT2D eigenvalue weighted by Crippen LogP contribution is 2.66. The summed E-state index contributed by atoms with van der Waals surface area (Å²) >= 11 is 4.19. The molecule has 1 unspecified atom stereocenters. The molecule has 0 saturated heterocycles. The van der Waals surface area contributed by atoms with Crippen LogP contribution >= 0.6 is 15.9 Å². The first-order valence-corrected chi connectivity index (χ1v) is 11.5. The van der Waals surface area contributed by atoms with E-state index in [1.165, 1.54) is 51.4 Å². The Kier molecular flexibility index (Phi) is 3.26. The maximum Gasteiger partial charge on any atom is 0.0669 e. The van der Waals surface area contributed by atoms with Crippen LogP contribution in [0, 0.1) is 41.4 Å². The molecular weight excluding hydrogens is 360 g/mol. The average molecular weight is 391 g/mol. The molecule has 0 aliphatic heterocycles. The molecule has 8 bridgehead atoms. The zero-order chi connectivity index (χ0) is 16.1. The lowest BCUT2D eigenvalue weighted by Crippen LogP contribution is -2.57. The number of halogens is 1. The molecule has 5 atom stereocenters. The Morgan fingerprint density at radius 3 is 2.25 bits per heavy atom. The van der Waals surface area contributed by atoms with E-state index in [1.807, 2.05) is 11.1 Å². The Morgan fingerprint density at radius 1 is 0.875 bits per heavy atom. The number of alkyl halides is 1. The first-order chi connectivity index (χ1) is 11.6. The van der Waals surface area contributed by atoms with E-state index in [9.17, 15) is 0 Å². The number of ether oxygens (including phenoxy) is 1. The first-order valence-electron chi connectivity index (χ1n) is 10.7. The van der Waals surface area contributed by atoms with Gasteiger partial charge in [-0.1, -0.05) is 27.1 Å². The molecule has 1 nitrogen and oxygen atoms in total. The third-order valence-corrected chi connectivity index (χ3v) is 9.80. The van der Waals surface area contributed by atoms with Gasteiger partial charge in [0.2, 0.25) is 0 Å². The molecule has 8 aliphatic carbocycles. The second-order valence-electron chi connectivity index (χ2n) is 10.2. The standard InChI is InChI=1S/C22H31BrO/c1-2-24-21-17-8-16-9-22(23,10-17)11-18(21)20(16)19-14-4-12-3-13(6-14)7-15(19)5-12/h12-18,21H,2-11H2,1H3/t12?,13?,14?,15?,16-,17+,18+,21?,22+/m1/s1. The molecule has 0 aromatic carbocycles. The zero-order valence-electron chi connectivity index (χ0n) is 15.0. The zero-order valence-corrected chi connectivity index (χ0v) is 16.6. The van der Waals surface area contributed by atoms with Gasteiger partial charge in [-0.3, -0.25) is 0 Å². The van der Waals surface area contributed by atoms with E-state index in [4.69, 9.17) is 4.74 Å². The summed E-state index contributed by atoms with van der Waals surface area (Å²) < 4.78 is 6.84. The van der Waals surface area contributed by atoms with E-state index in [0.717, 1.165) is 48.0 Å². The summed E-state index contributed by atoms with van der Waals surface area (Å²) in [6.45, 7) is 3.10. The van der Waals surface area contributed by atoms with Gasteiger partial charge < -0.3 is 4.74 Å². The third-order valence-electron chi connectivity index (χ3n) is 8.82. The maximum atomic E-state index is 6.38. The van der Waals surface area contributed by atoms with Crippen LogP contribution in [0.3, 0.4) is 0 Å². The van der Waals surface area contributed by atoms with Gasteiger partial charge in [0, 0.05) is 16.8 Å². The Labute approximate surface area is 155 Å². The highest BCUT2D eigenvalue weighted by Gasteiger charge is 2.59. The van der Waals surface area contributed by atoms with Crippen molar-refractivity contribution < 1.29 is 4.74 Å². The van der Waals surface area contributed by atoms with Gasteiger partial charge >= 0.3 is 0 Å². The van der Waals surface area contributed by atoms with Crippen LogP contribution in [0.2, 0.25) is 0 Å². The highest BCUT2D eigenvalue weighted by molar-refractivity contribution is 9.10. The first kappa shape index (κ1) is 15.3. The summed E-state index contributed by atoms with van der Waals surface area (Å²) in [7, 11) is 0. The van der Waals surface area contributed by atoms with Crippen molar-refractivity contribution in [3.63, 3.8) is 0 Å². The predicted octanol–water partition coefficient (Wildman–Crippen LogP) is 5.73. The number of hydrogen-bond donors (Lipinski definition) is 0. The van der Waals surface area contributed by atoms with Gasteiger partial charge in [-0.25, -0.2) is 0 Å². The normalized spacial score (nSPS) is 57.2. The fourth-order valence-electron chi connectivity index (χ4n) is 8.67. The van der Waals surface area contributed by atoms with Crippen LogP contribution in [0.1, 0.15) is 64.7 Å². The lowest BCUT2D eigenvalue weighted by Gasteiger charge is -2.61. The molecule has 132 valence electrons. The van der Waals surface area contributed by atoms with Crippen molar-refractivity contribution >= 4 is 15.9 Å².